The van der Waals surface area contributed by atoms with Crippen LogP contribution in [0.4, 0.5) is 0 Å². The molecule has 0 bridgehead atoms. The molecule has 0 aliphatic rings. The van der Waals surface area contributed by atoms with Gasteiger partial charge in [0.15, 0.2) is 0 Å². The van der Waals surface area contributed by atoms with Gasteiger partial charge in [0.05, 0.1) is 5.60 Å². The Kier molecular flexibility index (Phi) is 5.01. The highest BCUT2D eigenvalue weighted by Crippen LogP contribution is 2.18. The molecular weight excluding hydrogens is 196 g/mol. The summed E-state index contributed by atoms with van der Waals surface area (Å²) in [4.78, 5) is 0. The van der Waals surface area contributed by atoms with Crippen LogP contribution in [-0.4, -0.2) is 12.7 Å². The smallest absolute Gasteiger partial charge is 0.0622 e. The number of hydrogen-bond acceptors (Lipinski definition) is 1. The Labute approximate surface area is 99.8 Å². The zero-order chi connectivity index (χ0) is 12.0. The Bertz CT molecular complexity index is 315. The van der Waals surface area contributed by atoms with E-state index in [-0.39, 0.29) is 5.60 Å². The minimum Gasteiger partial charge on any atom is -0.379 e. The van der Waals surface area contributed by atoms with Crippen LogP contribution >= 0.6 is 0 Å². The first-order valence-corrected chi connectivity index (χ1v) is 6.14. The Morgan fingerprint density at radius 1 is 1.19 bits per heavy atom. The maximum Gasteiger partial charge on any atom is 0.0622 e. The van der Waals surface area contributed by atoms with Crippen molar-refractivity contribution in [2.45, 2.75) is 52.1 Å². The molecule has 0 aromatic heterocycles. The number of rotatable bonds is 6. The lowest BCUT2D eigenvalue weighted by Crippen LogP contribution is -2.21. The second kappa shape index (κ2) is 6.05. The minimum atomic E-state index is 0.0343. The van der Waals surface area contributed by atoms with E-state index in [4.69, 9.17) is 4.74 Å². The summed E-state index contributed by atoms with van der Waals surface area (Å²) < 4.78 is 5.41. The van der Waals surface area contributed by atoms with Crippen LogP contribution in [-0.2, 0) is 11.2 Å². The second-order valence-corrected chi connectivity index (χ2v) is 5.16. The average molecular weight is 220 g/mol. The largest absolute Gasteiger partial charge is 0.379 e. The molecule has 1 heteroatoms. The van der Waals surface area contributed by atoms with E-state index in [2.05, 4.69) is 45.0 Å². The Morgan fingerprint density at radius 3 is 2.56 bits per heavy atom. The number of ether oxygens (including phenoxy) is 1. The fourth-order valence-corrected chi connectivity index (χ4v) is 1.85. The summed E-state index contributed by atoms with van der Waals surface area (Å²) in [5.41, 5.74) is 2.84. The third-order valence-corrected chi connectivity index (χ3v) is 3.13. The predicted octanol–water partition coefficient (Wildman–Crippen LogP) is 4.13. The highest BCUT2D eigenvalue weighted by molar-refractivity contribution is 5.22. The van der Waals surface area contributed by atoms with E-state index >= 15 is 0 Å². The standard InChI is InChI=1S/C15H24O/c1-13-8-7-10-14(12-13)9-5-6-11-15(2,3)16-4/h7-8,10,12H,5-6,9,11H2,1-4H3. The van der Waals surface area contributed by atoms with Gasteiger partial charge in [0.2, 0.25) is 0 Å². The van der Waals surface area contributed by atoms with Crippen LogP contribution in [0.1, 0.15) is 44.2 Å². The van der Waals surface area contributed by atoms with Crippen molar-refractivity contribution in [2.24, 2.45) is 0 Å². The van der Waals surface area contributed by atoms with Gasteiger partial charge in [-0.05, 0) is 45.6 Å². The monoisotopic (exact) mass is 220 g/mol. The fourth-order valence-electron chi connectivity index (χ4n) is 1.85. The van der Waals surface area contributed by atoms with Gasteiger partial charge >= 0.3 is 0 Å². The maximum atomic E-state index is 5.41. The van der Waals surface area contributed by atoms with Gasteiger partial charge in [0.1, 0.15) is 0 Å². The van der Waals surface area contributed by atoms with Crippen molar-refractivity contribution in [3.8, 4) is 0 Å². The van der Waals surface area contributed by atoms with E-state index in [0.717, 1.165) is 6.42 Å². The average Bonchev–Trinajstić information content (AvgIpc) is 2.25. The molecule has 90 valence electrons. The van der Waals surface area contributed by atoms with Crippen molar-refractivity contribution in [3.05, 3.63) is 35.4 Å². The fraction of sp³-hybridized carbons (Fsp3) is 0.600. The summed E-state index contributed by atoms with van der Waals surface area (Å²) in [6, 6.07) is 8.79. The van der Waals surface area contributed by atoms with Crippen LogP contribution in [0.5, 0.6) is 0 Å². The van der Waals surface area contributed by atoms with Crippen molar-refractivity contribution in [3.63, 3.8) is 0 Å². The minimum absolute atomic E-state index is 0.0343. The molecule has 0 amide bonds. The quantitative estimate of drug-likeness (QED) is 0.655. The van der Waals surface area contributed by atoms with Crippen LogP contribution in [0.3, 0.4) is 0 Å². The van der Waals surface area contributed by atoms with E-state index in [1.807, 2.05) is 0 Å². The lowest BCUT2D eigenvalue weighted by atomic mass is 9.98. The first-order valence-electron chi connectivity index (χ1n) is 6.14. The van der Waals surface area contributed by atoms with E-state index in [0.29, 0.717) is 0 Å². The van der Waals surface area contributed by atoms with Gasteiger partial charge < -0.3 is 4.74 Å². The zero-order valence-corrected chi connectivity index (χ0v) is 11.0. The molecule has 0 N–H and O–H groups in total. The molecule has 0 aliphatic carbocycles. The molecule has 0 fully saturated rings. The normalized spacial score (nSPS) is 11.8. The van der Waals surface area contributed by atoms with Gasteiger partial charge in [-0.3, -0.25) is 0 Å². The van der Waals surface area contributed by atoms with Crippen molar-refractivity contribution in [1.82, 2.24) is 0 Å². The molecule has 1 nitrogen and oxygen atoms in total. The third kappa shape index (κ3) is 4.80. The van der Waals surface area contributed by atoms with Crippen molar-refractivity contribution < 1.29 is 4.74 Å². The molecular formula is C15H24O. The highest BCUT2D eigenvalue weighted by Gasteiger charge is 2.14. The lowest BCUT2D eigenvalue weighted by Gasteiger charge is -2.22. The summed E-state index contributed by atoms with van der Waals surface area (Å²) in [5, 5.41) is 0. The van der Waals surface area contributed by atoms with Gasteiger partial charge in [-0.2, -0.15) is 0 Å². The molecule has 0 heterocycles. The Morgan fingerprint density at radius 2 is 1.94 bits per heavy atom. The van der Waals surface area contributed by atoms with E-state index in [1.165, 1.54) is 30.4 Å². The van der Waals surface area contributed by atoms with Crippen LogP contribution < -0.4 is 0 Å². The third-order valence-electron chi connectivity index (χ3n) is 3.13. The molecule has 1 aromatic carbocycles. The predicted molar refractivity (Wildman–Crippen MR) is 69.8 cm³/mol. The van der Waals surface area contributed by atoms with Crippen LogP contribution in [0.2, 0.25) is 0 Å². The van der Waals surface area contributed by atoms with Gasteiger partial charge in [-0.25, -0.2) is 0 Å². The molecule has 0 radical (unpaired) electrons. The topological polar surface area (TPSA) is 9.23 Å². The lowest BCUT2D eigenvalue weighted by molar-refractivity contribution is 0.0135. The van der Waals surface area contributed by atoms with Crippen LogP contribution in [0.25, 0.3) is 0 Å². The van der Waals surface area contributed by atoms with Crippen LogP contribution in [0, 0.1) is 6.92 Å². The molecule has 16 heavy (non-hydrogen) atoms. The van der Waals surface area contributed by atoms with Gasteiger partial charge in [0.25, 0.3) is 0 Å². The highest BCUT2D eigenvalue weighted by atomic mass is 16.5. The molecule has 0 spiro atoms. The molecule has 0 unspecified atom stereocenters. The van der Waals surface area contributed by atoms with Crippen molar-refractivity contribution in [2.75, 3.05) is 7.11 Å². The molecule has 1 aromatic rings. The van der Waals surface area contributed by atoms with Gasteiger partial charge in [0, 0.05) is 7.11 Å². The van der Waals surface area contributed by atoms with Gasteiger partial charge in [-0.15, -0.1) is 0 Å². The Balaban J connectivity index is 2.26. The first-order chi connectivity index (χ1) is 7.53. The molecule has 0 aliphatic heterocycles. The molecule has 0 saturated heterocycles. The number of hydrogen-bond donors (Lipinski definition) is 0. The summed E-state index contributed by atoms with van der Waals surface area (Å²) in [6.45, 7) is 6.46. The molecule has 0 atom stereocenters. The molecule has 1 rings (SSSR count). The molecule has 0 saturated carbocycles. The van der Waals surface area contributed by atoms with Crippen molar-refractivity contribution in [1.29, 1.82) is 0 Å². The maximum absolute atomic E-state index is 5.41. The Hall–Kier alpha value is -0.820. The summed E-state index contributed by atoms with van der Waals surface area (Å²) in [7, 11) is 1.79. The number of unbranched alkanes of at least 4 members (excludes halogenated alkanes) is 1. The van der Waals surface area contributed by atoms with Gasteiger partial charge in [-0.1, -0.05) is 36.2 Å². The number of methoxy groups -OCH3 is 1. The second-order valence-electron chi connectivity index (χ2n) is 5.16. The number of aryl methyl sites for hydroxylation is 2. The summed E-state index contributed by atoms with van der Waals surface area (Å²) in [6.07, 6.45) is 4.79. The van der Waals surface area contributed by atoms with E-state index in [1.54, 1.807) is 7.11 Å². The van der Waals surface area contributed by atoms with E-state index in [9.17, 15) is 0 Å². The van der Waals surface area contributed by atoms with E-state index < -0.39 is 0 Å². The SMILES string of the molecule is COC(C)(C)CCCCc1cccc(C)c1. The number of benzene rings is 1. The van der Waals surface area contributed by atoms with Crippen molar-refractivity contribution >= 4 is 0 Å². The van der Waals surface area contributed by atoms with Crippen LogP contribution in [0.15, 0.2) is 24.3 Å². The zero-order valence-electron chi connectivity index (χ0n) is 11.0. The first kappa shape index (κ1) is 13.2. The summed E-state index contributed by atoms with van der Waals surface area (Å²) >= 11 is 0. The summed E-state index contributed by atoms with van der Waals surface area (Å²) in [5.74, 6) is 0.